The molecule has 0 saturated heterocycles. The van der Waals surface area contributed by atoms with Crippen molar-refractivity contribution >= 4 is 23.1 Å². The van der Waals surface area contributed by atoms with Crippen molar-refractivity contribution in [2.75, 3.05) is 5.32 Å². The van der Waals surface area contributed by atoms with Crippen LogP contribution in [0, 0.1) is 0 Å². The van der Waals surface area contributed by atoms with Crippen LogP contribution in [0.3, 0.4) is 0 Å². The molecule has 0 saturated carbocycles. The van der Waals surface area contributed by atoms with Gasteiger partial charge in [0.1, 0.15) is 5.52 Å². The lowest BCUT2D eigenvalue weighted by molar-refractivity contribution is 0.559. The van der Waals surface area contributed by atoms with Crippen LogP contribution in [0.25, 0.3) is 11.1 Å². The van der Waals surface area contributed by atoms with Gasteiger partial charge in [0.25, 0.3) is 0 Å². The number of hydrogen-bond donors (Lipinski definition) is 1. The molecule has 0 fully saturated rings. The third-order valence-corrected chi connectivity index (χ3v) is 1.87. The maximum Gasteiger partial charge on any atom is 0.323 e. The maximum atomic E-state index is 5.39. The van der Waals surface area contributed by atoms with Crippen LogP contribution in [0.4, 0.5) is 12.0 Å². The zero-order valence-corrected chi connectivity index (χ0v) is 7.54. The Morgan fingerprint density at radius 1 is 1.13 bits per heavy atom. The monoisotopic (exact) mass is 202 g/mol. The molecule has 3 rings (SSSR count). The predicted octanol–water partition coefficient (Wildman–Crippen LogP) is 1.95. The van der Waals surface area contributed by atoms with Crippen LogP contribution < -0.4 is 5.32 Å². The Labute approximate surface area is 83.9 Å². The zero-order chi connectivity index (χ0) is 10.1. The lowest BCUT2D eigenvalue weighted by Crippen LogP contribution is -1.89. The van der Waals surface area contributed by atoms with E-state index in [4.69, 9.17) is 8.83 Å². The first kappa shape index (κ1) is 7.98. The highest BCUT2D eigenvalue weighted by Crippen LogP contribution is 2.20. The first-order valence-electron chi connectivity index (χ1n) is 4.30. The molecule has 1 aromatic carbocycles. The average Bonchev–Trinajstić information content (AvgIpc) is 2.86. The molecule has 0 spiro atoms. The Bertz CT molecular complexity index is 540. The molecular formula is C9H6N4O2. The van der Waals surface area contributed by atoms with E-state index in [2.05, 4.69) is 20.5 Å². The molecular weight excluding hydrogens is 196 g/mol. The molecule has 0 bridgehead atoms. The molecule has 0 aliphatic rings. The number of para-hydroxylation sites is 2. The van der Waals surface area contributed by atoms with Crippen LogP contribution in [0.5, 0.6) is 0 Å². The number of nitrogens with one attached hydrogen (secondary N) is 1. The Kier molecular flexibility index (Phi) is 1.64. The fraction of sp³-hybridized carbons (Fsp3) is 0. The summed E-state index contributed by atoms with van der Waals surface area (Å²) in [7, 11) is 0. The van der Waals surface area contributed by atoms with Gasteiger partial charge in [0.2, 0.25) is 6.39 Å². The molecule has 0 atom stereocenters. The van der Waals surface area contributed by atoms with Gasteiger partial charge >= 0.3 is 12.0 Å². The van der Waals surface area contributed by atoms with Gasteiger partial charge in [-0.3, -0.25) is 5.32 Å². The van der Waals surface area contributed by atoms with Crippen LogP contribution >= 0.6 is 0 Å². The Hall–Kier alpha value is -2.37. The lowest BCUT2D eigenvalue weighted by Gasteiger charge is -1.90. The first-order chi connectivity index (χ1) is 7.42. The van der Waals surface area contributed by atoms with Crippen LogP contribution in [-0.2, 0) is 0 Å². The normalized spacial score (nSPS) is 10.7. The fourth-order valence-corrected chi connectivity index (χ4v) is 1.24. The van der Waals surface area contributed by atoms with E-state index in [-0.39, 0.29) is 6.01 Å². The van der Waals surface area contributed by atoms with E-state index >= 15 is 0 Å². The highest BCUT2D eigenvalue weighted by Gasteiger charge is 2.06. The summed E-state index contributed by atoms with van der Waals surface area (Å²) in [5.41, 5.74) is 1.49. The van der Waals surface area contributed by atoms with Crippen molar-refractivity contribution in [1.29, 1.82) is 0 Å². The molecule has 15 heavy (non-hydrogen) atoms. The summed E-state index contributed by atoms with van der Waals surface area (Å²) in [4.78, 5) is 4.18. The molecule has 74 valence electrons. The van der Waals surface area contributed by atoms with Gasteiger partial charge in [-0.2, -0.15) is 4.98 Å². The SMILES string of the molecule is c1ccc2oc(Nc3nnco3)nc2c1. The summed E-state index contributed by atoms with van der Waals surface area (Å²) < 4.78 is 10.3. The molecule has 0 radical (unpaired) electrons. The van der Waals surface area contributed by atoms with Gasteiger partial charge in [-0.15, -0.1) is 5.10 Å². The van der Waals surface area contributed by atoms with Gasteiger partial charge in [0, 0.05) is 0 Å². The van der Waals surface area contributed by atoms with Crippen LogP contribution in [-0.4, -0.2) is 15.2 Å². The average molecular weight is 202 g/mol. The topological polar surface area (TPSA) is 77.0 Å². The number of oxazole rings is 1. The fourth-order valence-electron chi connectivity index (χ4n) is 1.24. The molecule has 6 nitrogen and oxygen atoms in total. The lowest BCUT2D eigenvalue weighted by atomic mass is 10.3. The summed E-state index contributed by atoms with van der Waals surface area (Å²) in [5.74, 6) is 0. The number of benzene rings is 1. The van der Waals surface area contributed by atoms with Gasteiger partial charge < -0.3 is 8.83 Å². The molecule has 6 heteroatoms. The second-order valence-electron chi connectivity index (χ2n) is 2.86. The van der Waals surface area contributed by atoms with Crippen LogP contribution in [0.1, 0.15) is 0 Å². The minimum atomic E-state index is 0.251. The van der Waals surface area contributed by atoms with E-state index < -0.39 is 0 Å². The van der Waals surface area contributed by atoms with Crippen LogP contribution in [0.15, 0.2) is 39.5 Å². The van der Waals surface area contributed by atoms with Crippen molar-refractivity contribution in [2.24, 2.45) is 0 Å². The van der Waals surface area contributed by atoms with Gasteiger partial charge in [-0.1, -0.05) is 17.2 Å². The maximum absolute atomic E-state index is 5.39. The van der Waals surface area contributed by atoms with E-state index in [1.54, 1.807) is 0 Å². The van der Waals surface area contributed by atoms with E-state index in [1.165, 1.54) is 6.39 Å². The summed E-state index contributed by atoms with van der Waals surface area (Å²) in [6.45, 7) is 0. The molecule has 1 N–H and O–H groups in total. The first-order valence-corrected chi connectivity index (χ1v) is 4.30. The molecule has 2 aromatic heterocycles. The van der Waals surface area contributed by atoms with Crippen LogP contribution in [0.2, 0.25) is 0 Å². The largest absolute Gasteiger partial charge is 0.423 e. The van der Waals surface area contributed by atoms with Gasteiger partial charge in [0.05, 0.1) is 0 Å². The molecule has 2 heterocycles. The number of anilines is 2. The quantitative estimate of drug-likeness (QED) is 0.684. The standard InChI is InChI=1S/C9H6N4O2/c1-2-4-7-6(3-1)11-8(15-7)12-9-13-10-5-14-9/h1-5H,(H,11,12,13). The van der Waals surface area contributed by atoms with Crippen molar-refractivity contribution in [3.05, 3.63) is 30.7 Å². The van der Waals surface area contributed by atoms with Crippen molar-refractivity contribution in [3.63, 3.8) is 0 Å². The zero-order valence-electron chi connectivity index (χ0n) is 7.54. The Balaban J connectivity index is 1.98. The second-order valence-corrected chi connectivity index (χ2v) is 2.86. The van der Waals surface area contributed by atoms with E-state index in [0.29, 0.717) is 11.6 Å². The number of rotatable bonds is 2. The smallest absolute Gasteiger partial charge is 0.323 e. The van der Waals surface area contributed by atoms with Crippen molar-refractivity contribution in [3.8, 4) is 0 Å². The van der Waals surface area contributed by atoms with Crippen molar-refractivity contribution in [2.45, 2.75) is 0 Å². The summed E-state index contributed by atoms with van der Waals surface area (Å²) >= 11 is 0. The Morgan fingerprint density at radius 3 is 2.87 bits per heavy atom. The van der Waals surface area contributed by atoms with Gasteiger partial charge in [-0.05, 0) is 12.1 Å². The summed E-state index contributed by atoms with van der Waals surface area (Å²) in [6, 6.07) is 8.05. The van der Waals surface area contributed by atoms with E-state index in [9.17, 15) is 0 Å². The highest BCUT2D eigenvalue weighted by atomic mass is 16.4. The minimum Gasteiger partial charge on any atom is -0.423 e. The molecule has 3 aromatic rings. The molecule has 0 aliphatic carbocycles. The number of aromatic nitrogens is 3. The van der Waals surface area contributed by atoms with Gasteiger partial charge in [-0.25, -0.2) is 0 Å². The van der Waals surface area contributed by atoms with E-state index in [1.807, 2.05) is 24.3 Å². The number of hydrogen-bond acceptors (Lipinski definition) is 6. The molecule has 0 unspecified atom stereocenters. The highest BCUT2D eigenvalue weighted by molar-refractivity contribution is 5.74. The predicted molar refractivity (Wildman–Crippen MR) is 51.6 cm³/mol. The van der Waals surface area contributed by atoms with Crippen molar-refractivity contribution in [1.82, 2.24) is 15.2 Å². The van der Waals surface area contributed by atoms with E-state index in [0.717, 1.165) is 5.52 Å². The summed E-state index contributed by atoms with van der Waals surface area (Å²) in [5, 5.41) is 9.93. The van der Waals surface area contributed by atoms with Crippen molar-refractivity contribution < 1.29 is 8.83 Å². The Morgan fingerprint density at radius 2 is 2.07 bits per heavy atom. The third kappa shape index (κ3) is 1.41. The van der Waals surface area contributed by atoms with Gasteiger partial charge in [0.15, 0.2) is 5.58 Å². The number of fused-ring (bicyclic) bond motifs is 1. The third-order valence-electron chi connectivity index (χ3n) is 1.87. The number of nitrogens with zero attached hydrogens (tertiary/aromatic N) is 3. The minimum absolute atomic E-state index is 0.251. The molecule has 0 aliphatic heterocycles. The second kappa shape index (κ2) is 3.09. The molecule has 0 amide bonds. The summed E-state index contributed by atoms with van der Waals surface area (Å²) in [6.07, 6.45) is 1.23.